The molecule has 0 saturated heterocycles. The highest BCUT2D eigenvalue weighted by molar-refractivity contribution is 5.31. The summed E-state index contributed by atoms with van der Waals surface area (Å²) < 4.78 is 11.7. The van der Waals surface area contributed by atoms with Gasteiger partial charge >= 0.3 is 0 Å². The molecule has 1 fully saturated rings. The SMILES string of the molecule is CCCNC(c1cccc(OCC)c1)C(OCC)C1CC1. The van der Waals surface area contributed by atoms with Crippen LogP contribution in [0.15, 0.2) is 24.3 Å². The van der Waals surface area contributed by atoms with Gasteiger partial charge < -0.3 is 14.8 Å². The molecule has 3 heteroatoms. The lowest BCUT2D eigenvalue weighted by Gasteiger charge is -2.29. The summed E-state index contributed by atoms with van der Waals surface area (Å²) in [4.78, 5) is 0. The Balaban J connectivity index is 2.18. The van der Waals surface area contributed by atoms with Gasteiger partial charge in [0.05, 0.1) is 18.8 Å². The third kappa shape index (κ3) is 4.72. The van der Waals surface area contributed by atoms with Crippen molar-refractivity contribution in [3.8, 4) is 5.75 Å². The fourth-order valence-corrected chi connectivity index (χ4v) is 2.81. The number of hydrogen-bond acceptors (Lipinski definition) is 3. The summed E-state index contributed by atoms with van der Waals surface area (Å²) in [5.74, 6) is 1.65. The standard InChI is InChI=1S/C18H29NO2/c1-4-12-19-17(18(21-6-3)14-10-11-14)15-8-7-9-16(13-15)20-5-2/h7-9,13-14,17-19H,4-6,10-12H2,1-3H3. The Morgan fingerprint density at radius 1 is 1.19 bits per heavy atom. The summed E-state index contributed by atoms with van der Waals surface area (Å²) in [6.45, 7) is 8.80. The first kappa shape index (κ1) is 16.3. The number of hydrogen-bond donors (Lipinski definition) is 1. The van der Waals surface area contributed by atoms with Gasteiger partial charge in [0, 0.05) is 6.61 Å². The molecule has 0 heterocycles. The van der Waals surface area contributed by atoms with Crippen molar-refractivity contribution in [3.63, 3.8) is 0 Å². The molecule has 1 aromatic rings. The van der Waals surface area contributed by atoms with Crippen LogP contribution in [0.5, 0.6) is 5.75 Å². The molecule has 3 nitrogen and oxygen atoms in total. The lowest BCUT2D eigenvalue weighted by molar-refractivity contribution is 0.0185. The smallest absolute Gasteiger partial charge is 0.119 e. The number of ether oxygens (including phenoxy) is 2. The summed E-state index contributed by atoms with van der Waals surface area (Å²) in [6.07, 6.45) is 3.99. The molecule has 2 unspecified atom stereocenters. The van der Waals surface area contributed by atoms with Gasteiger partial charge in [0.2, 0.25) is 0 Å². The number of rotatable bonds is 10. The first-order chi connectivity index (χ1) is 10.3. The molecule has 0 amide bonds. The minimum absolute atomic E-state index is 0.262. The summed E-state index contributed by atoms with van der Waals surface area (Å²) in [5, 5.41) is 3.68. The molecule has 0 aromatic heterocycles. The highest BCUT2D eigenvalue weighted by Crippen LogP contribution is 2.40. The topological polar surface area (TPSA) is 30.5 Å². The van der Waals surface area contributed by atoms with E-state index in [1.165, 1.54) is 18.4 Å². The van der Waals surface area contributed by atoms with Crippen molar-refractivity contribution in [1.29, 1.82) is 0 Å². The Labute approximate surface area is 129 Å². The fraction of sp³-hybridized carbons (Fsp3) is 0.667. The van der Waals surface area contributed by atoms with Crippen LogP contribution in [0.2, 0.25) is 0 Å². The van der Waals surface area contributed by atoms with Gasteiger partial charge in [-0.3, -0.25) is 0 Å². The van der Waals surface area contributed by atoms with Crippen LogP contribution in [-0.2, 0) is 4.74 Å². The van der Waals surface area contributed by atoms with E-state index in [-0.39, 0.29) is 12.1 Å². The molecule has 0 spiro atoms. The van der Waals surface area contributed by atoms with Crippen LogP contribution < -0.4 is 10.1 Å². The lowest BCUT2D eigenvalue weighted by Crippen LogP contribution is -2.36. The maximum atomic E-state index is 6.08. The average molecular weight is 291 g/mol. The highest BCUT2D eigenvalue weighted by atomic mass is 16.5. The molecule has 1 saturated carbocycles. The van der Waals surface area contributed by atoms with Crippen molar-refractivity contribution in [2.45, 2.75) is 52.2 Å². The average Bonchev–Trinajstić information content (AvgIpc) is 3.32. The molecule has 2 atom stereocenters. The number of nitrogens with one attached hydrogen (secondary N) is 1. The third-order valence-corrected chi connectivity index (χ3v) is 3.92. The maximum Gasteiger partial charge on any atom is 0.119 e. The van der Waals surface area contributed by atoms with Crippen molar-refractivity contribution in [3.05, 3.63) is 29.8 Å². The largest absolute Gasteiger partial charge is 0.494 e. The van der Waals surface area contributed by atoms with Crippen molar-refractivity contribution in [1.82, 2.24) is 5.32 Å². The Hall–Kier alpha value is -1.06. The Bertz CT molecular complexity index is 417. The zero-order chi connectivity index (χ0) is 15.1. The van der Waals surface area contributed by atoms with Gasteiger partial charge in [0.25, 0.3) is 0 Å². The normalized spacial score (nSPS) is 17.5. The van der Waals surface area contributed by atoms with E-state index in [1.807, 2.05) is 13.0 Å². The van der Waals surface area contributed by atoms with Crippen molar-refractivity contribution < 1.29 is 9.47 Å². The van der Waals surface area contributed by atoms with Crippen molar-refractivity contribution in [2.75, 3.05) is 19.8 Å². The highest BCUT2D eigenvalue weighted by Gasteiger charge is 2.37. The molecule has 1 aliphatic carbocycles. The van der Waals surface area contributed by atoms with Crippen LogP contribution in [0.4, 0.5) is 0 Å². The first-order valence-electron chi connectivity index (χ1n) is 8.37. The van der Waals surface area contributed by atoms with Crippen molar-refractivity contribution >= 4 is 0 Å². The molecule has 21 heavy (non-hydrogen) atoms. The van der Waals surface area contributed by atoms with Crippen LogP contribution >= 0.6 is 0 Å². The molecule has 0 radical (unpaired) electrons. The summed E-state index contributed by atoms with van der Waals surface area (Å²) in [5.41, 5.74) is 1.28. The van der Waals surface area contributed by atoms with E-state index in [0.717, 1.165) is 25.3 Å². The molecule has 2 rings (SSSR count). The van der Waals surface area contributed by atoms with Crippen LogP contribution in [-0.4, -0.2) is 25.9 Å². The first-order valence-corrected chi connectivity index (χ1v) is 8.37. The molecule has 1 aliphatic rings. The van der Waals surface area contributed by atoms with Gasteiger partial charge in [0.1, 0.15) is 5.75 Å². The van der Waals surface area contributed by atoms with Crippen LogP contribution in [0, 0.1) is 5.92 Å². The minimum atomic E-state index is 0.262. The van der Waals surface area contributed by atoms with Crippen LogP contribution in [0.25, 0.3) is 0 Å². The van der Waals surface area contributed by atoms with E-state index in [1.54, 1.807) is 0 Å². The summed E-state index contributed by atoms with van der Waals surface area (Å²) >= 11 is 0. The van der Waals surface area contributed by atoms with E-state index in [2.05, 4.69) is 37.4 Å². The zero-order valence-corrected chi connectivity index (χ0v) is 13.6. The van der Waals surface area contributed by atoms with Gasteiger partial charge in [-0.2, -0.15) is 0 Å². The fourth-order valence-electron chi connectivity index (χ4n) is 2.81. The molecule has 0 bridgehead atoms. The quantitative estimate of drug-likeness (QED) is 0.708. The Morgan fingerprint density at radius 3 is 2.62 bits per heavy atom. The molecule has 118 valence electrons. The van der Waals surface area contributed by atoms with E-state index in [0.29, 0.717) is 12.5 Å². The number of benzene rings is 1. The third-order valence-electron chi connectivity index (χ3n) is 3.92. The van der Waals surface area contributed by atoms with Gasteiger partial charge in [-0.05, 0) is 63.3 Å². The molecular formula is C18H29NO2. The van der Waals surface area contributed by atoms with Crippen LogP contribution in [0.3, 0.4) is 0 Å². The van der Waals surface area contributed by atoms with Gasteiger partial charge in [-0.15, -0.1) is 0 Å². The maximum absolute atomic E-state index is 6.08. The zero-order valence-electron chi connectivity index (χ0n) is 13.6. The lowest BCUT2D eigenvalue weighted by atomic mass is 9.97. The summed E-state index contributed by atoms with van der Waals surface area (Å²) in [7, 11) is 0. The second kappa shape index (κ2) is 8.40. The molecule has 1 N–H and O–H groups in total. The van der Waals surface area contributed by atoms with Crippen LogP contribution in [0.1, 0.15) is 51.6 Å². The Kier molecular flexibility index (Phi) is 6.52. The second-order valence-electron chi connectivity index (χ2n) is 5.69. The molecule has 0 aliphatic heterocycles. The minimum Gasteiger partial charge on any atom is -0.494 e. The van der Waals surface area contributed by atoms with E-state index < -0.39 is 0 Å². The Morgan fingerprint density at radius 2 is 2.00 bits per heavy atom. The second-order valence-corrected chi connectivity index (χ2v) is 5.69. The van der Waals surface area contributed by atoms with E-state index >= 15 is 0 Å². The van der Waals surface area contributed by atoms with E-state index in [4.69, 9.17) is 9.47 Å². The predicted octanol–water partition coefficient (Wildman–Crippen LogP) is 3.94. The predicted molar refractivity (Wildman–Crippen MR) is 86.8 cm³/mol. The monoisotopic (exact) mass is 291 g/mol. The van der Waals surface area contributed by atoms with Gasteiger partial charge in [-0.1, -0.05) is 19.1 Å². The van der Waals surface area contributed by atoms with Crippen molar-refractivity contribution in [2.24, 2.45) is 5.92 Å². The van der Waals surface area contributed by atoms with Gasteiger partial charge in [0.15, 0.2) is 0 Å². The van der Waals surface area contributed by atoms with Gasteiger partial charge in [-0.25, -0.2) is 0 Å². The van der Waals surface area contributed by atoms with E-state index in [9.17, 15) is 0 Å². The molecular weight excluding hydrogens is 262 g/mol. The summed E-state index contributed by atoms with van der Waals surface area (Å²) in [6, 6.07) is 8.71. The molecule has 1 aromatic carbocycles.